The van der Waals surface area contributed by atoms with Gasteiger partial charge in [-0.3, -0.25) is 14.5 Å². The van der Waals surface area contributed by atoms with Gasteiger partial charge in [-0.15, -0.1) is 0 Å². The maximum atomic E-state index is 13.0. The van der Waals surface area contributed by atoms with Crippen LogP contribution in [0.25, 0.3) is 0 Å². The van der Waals surface area contributed by atoms with Gasteiger partial charge in [0.05, 0.1) is 12.0 Å². The van der Waals surface area contributed by atoms with Crippen molar-refractivity contribution < 1.29 is 14.3 Å². The summed E-state index contributed by atoms with van der Waals surface area (Å²) in [4.78, 5) is 30.3. The maximum absolute atomic E-state index is 13.0. The lowest BCUT2D eigenvalue weighted by Gasteiger charge is -2.46. The van der Waals surface area contributed by atoms with Crippen LogP contribution >= 0.6 is 0 Å². The molecule has 4 rings (SSSR count). The highest BCUT2D eigenvalue weighted by Crippen LogP contribution is 2.56. The van der Waals surface area contributed by atoms with Gasteiger partial charge in [-0.2, -0.15) is 0 Å². The van der Waals surface area contributed by atoms with Gasteiger partial charge in [-0.1, -0.05) is 18.2 Å². The highest BCUT2D eigenvalue weighted by molar-refractivity contribution is 5.95. The summed E-state index contributed by atoms with van der Waals surface area (Å²) in [5, 5.41) is 3.09. The Kier molecular flexibility index (Phi) is 5.19. The van der Waals surface area contributed by atoms with Crippen LogP contribution < -0.4 is 5.32 Å². The van der Waals surface area contributed by atoms with E-state index >= 15 is 0 Å². The fourth-order valence-corrected chi connectivity index (χ4v) is 5.65. The quantitative estimate of drug-likeness (QED) is 0.857. The molecular formula is C22H31N3O3. The molecule has 1 N–H and O–H groups in total. The SMILES string of the molecule is COCCN1CC2(CCN(C(=O)c3ccccc3C)CC2)[C@@]2(CCNC2=O)C1. The van der Waals surface area contributed by atoms with Gasteiger partial charge in [-0.25, -0.2) is 0 Å². The third kappa shape index (κ3) is 3.03. The monoisotopic (exact) mass is 385 g/mol. The van der Waals surface area contributed by atoms with E-state index in [9.17, 15) is 9.59 Å². The van der Waals surface area contributed by atoms with Crippen molar-refractivity contribution in [3.8, 4) is 0 Å². The summed E-state index contributed by atoms with van der Waals surface area (Å²) in [6, 6.07) is 7.79. The van der Waals surface area contributed by atoms with Crippen molar-refractivity contribution in [2.24, 2.45) is 10.8 Å². The van der Waals surface area contributed by atoms with Crippen LogP contribution in [-0.2, 0) is 9.53 Å². The van der Waals surface area contributed by atoms with Crippen LogP contribution in [0.15, 0.2) is 24.3 Å². The number of rotatable bonds is 4. The minimum atomic E-state index is -0.307. The molecule has 6 heteroatoms. The predicted molar refractivity (Wildman–Crippen MR) is 107 cm³/mol. The Hall–Kier alpha value is -1.92. The van der Waals surface area contributed by atoms with Gasteiger partial charge in [0.25, 0.3) is 5.91 Å². The third-order valence-electron chi connectivity index (χ3n) is 7.30. The molecule has 28 heavy (non-hydrogen) atoms. The number of ether oxygens (including phenoxy) is 1. The average molecular weight is 386 g/mol. The van der Waals surface area contributed by atoms with Crippen molar-refractivity contribution >= 4 is 11.8 Å². The van der Waals surface area contributed by atoms with Crippen LogP contribution in [0.3, 0.4) is 0 Å². The number of carbonyl (C=O) groups excluding carboxylic acids is 2. The fourth-order valence-electron chi connectivity index (χ4n) is 5.65. The van der Waals surface area contributed by atoms with Gasteiger partial charge in [0.1, 0.15) is 0 Å². The summed E-state index contributed by atoms with van der Waals surface area (Å²) in [5.41, 5.74) is 1.47. The topological polar surface area (TPSA) is 61.9 Å². The number of fused-ring (bicyclic) bond motifs is 1. The smallest absolute Gasteiger partial charge is 0.254 e. The zero-order valence-electron chi connectivity index (χ0n) is 17.0. The standard InChI is InChI=1S/C22H31N3O3/c1-17-5-3-4-6-18(17)19(26)25-11-8-21(9-12-25)15-24(13-14-28-2)16-22(21)7-10-23-20(22)27/h3-6H,7-16H2,1-2H3,(H,23,27)/t22-/m0/s1. The van der Waals surface area contributed by atoms with Gasteiger partial charge in [0.2, 0.25) is 5.91 Å². The van der Waals surface area contributed by atoms with Crippen LogP contribution in [0.2, 0.25) is 0 Å². The van der Waals surface area contributed by atoms with E-state index in [2.05, 4.69) is 10.2 Å². The molecule has 6 nitrogen and oxygen atoms in total. The lowest BCUT2D eigenvalue weighted by molar-refractivity contribution is -0.133. The number of hydrogen-bond donors (Lipinski definition) is 1. The number of methoxy groups -OCH3 is 1. The predicted octanol–water partition coefficient (Wildman–Crippen LogP) is 1.69. The zero-order valence-corrected chi connectivity index (χ0v) is 17.0. The first-order chi connectivity index (χ1) is 13.5. The average Bonchev–Trinajstić information content (AvgIpc) is 3.22. The van der Waals surface area contributed by atoms with E-state index in [1.54, 1.807) is 7.11 Å². The lowest BCUT2D eigenvalue weighted by atomic mass is 9.60. The van der Waals surface area contributed by atoms with Crippen molar-refractivity contribution in [2.45, 2.75) is 26.2 Å². The molecule has 3 saturated heterocycles. The van der Waals surface area contributed by atoms with Gasteiger partial charge in [0, 0.05) is 57.4 Å². The summed E-state index contributed by atoms with van der Waals surface area (Å²) >= 11 is 0. The van der Waals surface area contributed by atoms with Crippen molar-refractivity contribution in [3.63, 3.8) is 0 Å². The third-order valence-corrected chi connectivity index (χ3v) is 7.30. The summed E-state index contributed by atoms with van der Waals surface area (Å²) in [5.74, 6) is 0.332. The van der Waals surface area contributed by atoms with E-state index in [1.165, 1.54) is 0 Å². The van der Waals surface area contributed by atoms with Gasteiger partial charge >= 0.3 is 0 Å². The summed E-state index contributed by atoms with van der Waals surface area (Å²) in [6.45, 7) is 7.49. The Balaban J connectivity index is 1.52. The molecule has 3 aliphatic heterocycles. The molecule has 2 spiro atoms. The normalized spacial score (nSPS) is 26.9. The van der Waals surface area contributed by atoms with Crippen molar-refractivity contribution in [1.29, 1.82) is 0 Å². The van der Waals surface area contributed by atoms with Gasteiger partial charge < -0.3 is 15.0 Å². The van der Waals surface area contributed by atoms with E-state index in [0.29, 0.717) is 6.61 Å². The van der Waals surface area contributed by atoms with Crippen LogP contribution in [-0.4, -0.2) is 74.6 Å². The number of nitrogens with one attached hydrogen (secondary N) is 1. The molecule has 3 heterocycles. The van der Waals surface area contributed by atoms with Crippen LogP contribution in [0.5, 0.6) is 0 Å². The molecule has 2 amide bonds. The number of likely N-dealkylation sites (tertiary alicyclic amines) is 2. The molecule has 0 aromatic heterocycles. The first-order valence-corrected chi connectivity index (χ1v) is 10.4. The van der Waals surface area contributed by atoms with E-state index < -0.39 is 0 Å². The Morgan fingerprint density at radius 2 is 1.93 bits per heavy atom. The largest absolute Gasteiger partial charge is 0.383 e. The minimum Gasteiger partial charge on any atom is -0.383 e. The van der Waals surface area contributed by atoms with E-state index in [1.807, 2.05) is 36.1 Å². The summed E-state index contributed by atoms with van der Waals surface area (Å²) < 4.78 is 5.27. The molecule has 0 unspecified atom stereocenters. The van der Waals surface area contributed by atoms with E-state index in [0.717, 1.165) is 69.7 Å². The highest BCUT2D eigenvalue weighted by atomic mass is 16.5. The molecule has 1 aromatic carbocycles. The van der Waals surface area contributed by atoms with Crippen molar-refractivity contribution in [3.05, 3.63) is 35.4 Å². The molecule has 0 aliphatic carbocycles. The molecule has 1 atom stereocenters. The van der Waals surface area contributed by atoms with Gasteiger partial charge in [-0.05, 0) is 37.8 Å². The second-order valence-corrected chi connectivity index (χ2v) is 8.68. The van der Waals surface area contributed by atoms with Gasteiger partial charge in [0.15, 0.2) is 0 Å². The molecule has 0 saturated carbocycles. The van der Waals surface area contributed by atoms with E-state index in [-0.39, 0.29) is 22.6 Å². The van der Waals surface area contributed by atoms with E-state index in [4.69, 9.17) is 4.74 Å². The molecule has 3 aliphatic rings. The lowest BCUT2D eigenvalue weighted by Crippen LogP contribution is -2.53. The maximum Gasteiger partial charge on any atom is 0.254 e. The number of piperidine rings is 1. The van der Waals surface area contributed by atoms with Crippen LogP contribution in [0.4, 0.5) is 0 Å². The number of benzene rings is 1. The van der Waals surface area contributed by atoms with Crippen molar-refractivity contribution in [2.75, 3.05) is 53.0 Å². The van der Waals surface area contributed by atoms with Crippen molar-refractivity contribution in [1.82, 2.24) is 15.1 Å². The van der Waals surface area contributed by atoms with Crippen LogP contribution in [0, 0.1) is 17.8 Å². The first kappa shape index (κ1) is 19.4. The molecular weight excluding hydrogens is 354 g/mol. The number of amides is 2. The fraction of sp³-hybridized carbons (Fsp3) is 0.636. The molecule has 152 valence electrons. The molecule has 0 bridgehead atoms. The second-order valence-electron chi connectivity index (χ2n) is 8.68. The number of aryl methyl sites for hydroxylation is 1. The highest BCUT2D eigenvalue weighted by Gasteiger charge is 2.63. The minimum absolute atomic E-state index is 0.0379. The Labute approximate surface area is 167 Å². The first-order valence-electron chi connectivity index (χ1n) is 10.4. The number of nitrogens with zero attached hydrogens (tertiary/aromatic N) is 2. The number of hydrogen-bond acceptors (Lipinski definition) is 4. The Bertz CT molecular complexity index is 757. The number of carbonyl (C=O) groups is 2. The Morgan fingerprint density at radius 1 is 1.18 bits per heavy atom. The summed E-state index contributed by atoms with van der Waals surface area (Å²) in [6.07, 6.45) is 2.68. The Morgan fingerprint density at radius 3 is 2.57 bits per heavy atom. The zero-order chi connectivity index (χ0) is 19.8. The summed E-state index contributed by atoms with van der Waals surface area (Å²) in [7, 11) is 1.72. The molecule has 0 radical (unpaired) electrons. The second kappa shape index (κ2) is 7.48. The molecule has 1 aromatic rings. The molecule has 3 fully saturated rings. The van der Waals surface area contributed by atoms with Crippen LogP contribution in [0.1, 0.15) is 35.2 Å².